The number of nitrogen functional groups attached to an aromatic ring is 1. The molecule has 0 amide bonds. The third-order valence-corrected chi connectivity index (χ3v) is 3.77. The summed E-state index contributed by atoms with van der Waals surface area (Å²) >= 11 is 0. The van der Waals surface area contributed by atoms with Gasteiger partial charge in [0.15, 0.2) is 0 Å². The van der Waals surface area contributed by atoms with E-state index in [9.17, 15) is 4.79 Å². The molecule has 2 rings (SSSR count). The first-order valence-corrected chi connectivity index (χ1v) is 6.92. The van der Waals surface area contributed by atoms with Gasteiger partial charge in [0.05, 0.1) is 5.56 Å². The van der Waals surface area contributed by atoms with E-state index >= 15 is 0 Å². The van der Waals surface area contributed by atoms with Crippen molar-refractivity contribution in [2.45, 2.75) is 46.1 Å². The lowest BCUT2D eigenvalue weighted by Gasteiger charge is -2.38. The first-order valence-electron chi connectivity index (χ1n) is 6.92. The fourth-order valence-electron chi connectivity index (χ4n) is 3.19. The van der Waals surface area contributed by atoms with E-state index in [1.165, 1.54) is 6.42 Å². The average molecular weight is 261 g/mol. The van der Waals surface area contributed by atoms with Crippen LogP contribution < -0.4 is 5.73 Å². The lowest BCUT2D eigenvalue weighted by molar-refractivity contribution is -0.00714. The van der Waals surface area contributed by atoms with Gasteiger partial charge in [-0.25, -0.2) is 4.79 Å². The Labute approximate surface area is 115 Å². The monoisotopic (exact) mass is 261 g/mol. The fraction of sp³-hybridized carbons (Fsp3) is 0.562. The minimum absolute atomic E-state index is 0.0313. The molecule has 0 aromatic heterocycles. The SMILES string of the molecule is CC1CC(OC(=O)c2ccc(N)cc2)CC(C)(C)C1. The van der Waals surface area contributed by atoms with E-state index in [0.717, 1.165) is 12.8 Å². The van der Waals surface area contributed by atoms with E-state index in [4.69, 9.17) is 10.5 Å². The predicted molar refractivity (Wildman–Crippen MR) is 76.9 cm³/mol. The second-order valence-electron chi connectivity index (χ2n) is 6.56. The summed E-state index contributed by atoms with van der Waals surface area (Å²) in [4.78, 5) is 12.1. The van der Waals surface area contributed by atoms with E-state index in [2.05, 4.69) is 20.8 Å². The normalized spacial score (nSPS) is 25.8. The summed E-state index contributed by atoms with van der Waals surface area (Å²) in [6, 6.07) is 6.89. The number of benzene rings is 1. The zero-order chi connectivity index (χ0) is 14.0. The van der Waals surface area contributed by atoms with Crippen LogP contribution in [0, 0.1) is 11.3 Å². The Morgan fingerprint density at radius 1 is 1.26 bits per heavy atom. The van der Waals surface area contributed by atoms with Crippen molar-refractivity contribution in [3.05, 3.63) is 29.8 Å². The van der Waals surface area contributed by atoms with Crippen molar-refractivity contribution in [1.29, 1.82) is 0 Å². The van der Waals surface area contributed by atoms with Crippen molar-refractivity contribution in [2.75, 3.05) is 5.73 Å². The van der Waals surface area contributed by atoms with E-state index in [0.29, 0.717) is 17.2 Å². The Hall–Kier alpha value is -1.51. The van der Waals surface area contributed by atoms with Crippen molar-refractivity contribution in [1.82, 2.24) is 0 Å². The van der Waals surface area contributed by atoms with Gasteiger partial charge in [0.25, 0.3) is 0 Å². The summed E-state index contributed by atoms with van der Waals surface area (Å²) in [5, 5.41) is 0. The standard InChI is InChI=1S/C16H23NO2/c1-11-8-14(10-16(2,3)9-11)19-15(18)12-4-6-13(17)7-5-12/h4-7,11,14H,8-10,17H2,1-3H3. The van der Waals surface area contributed by atoms with Crippen molar-refractivity contribution >= 4 is 11.7 Å². The molecule has 0 spiro atoms. The van der Waals surface area contributed by atoms with E-state index < -0.39 is 0 Å². The molecule has 1 saturated carbocycles. The number of rotatable bonds is 2. The molecule has 19 heavy (non-hydrogen) atoms. The molecule has 1 aromatic carbocycles. The van der Waals surface area contributed by atoms with Crippen molar-refractivity contribution in [3.8, 4) is 0 Å². The van der Waals surface area contributed by atoms with Crippen molar-refractivity contribution in [3.63, 3.8) is 0 Å². The molecule has 0 bridgehead atoms. The maximum Gasteiger partial charge on any atom is 0.338 e. The van der Waals surface area contributed by atoms with Crippen LogP contribution in [0.5, 0.6) is 0 Å². The fourth-order valence-corrected chi connectivity index (χ4v) is 3.19. The summed E-state index contributed by atoms with van der Waals surface area (Å²) < 4.78 is 5.64. The number of carbonyl (C=O) groups excluding carboxylic acids is 1. The highest BCUT2D eigenvalue weighted by molar-refractivity contribution is 5.89. The Kier molecular flexibility index (Phi) is 3.83. The molecule has 0 radical (unpaired) electrons. The highest BCUT2D eigenvalue weighted by Crippen LogP contribution is 2.39. The first kappa shape index (κ1) is 13.9. The topological polar surface area (TPSA) is 52.3 Å². The minimum atomic E-state index is -0.241. The molecule has 1 fully saturated rings. The molecule has 0 aliphatic heterocycles. The van der Waals surface area contributed by atoms with Gasteiger partial charge in [-0.1, -0.05) is 20.8 Å². The maximum atomic E-state index is 12.1. The van der Waals surface area contributed by atoms with Crippen LogP contribution in [0.25, 0.3) is 0 Å². The van der Waals surface area contributed by atoms with Crippen LogP contribution in [0.1, 0.15) is 50.4 Å². The Morgan fingerprint density at radius 3 is 2.47 bits per heavy atom. The molecular weight excluding hydrogens is 238 g/mol. The summed E-state index contributed by atoms with van der Waals surface area (Å²) in [7, 11) is 0. The van der Waals surface area contributed by atoms with Crippen LogP contribution in [0.4, 0.5) is 5.69 Å². The number of anilines is 1. The van der Waals surface area contributed by atoms with Crippen molar-refractivity contribution in [2.24, 2.45) is 11.3 Å². The molecule has 104 valence electrons. The summed E-state index contributed by atoms with van der Waals surface area (Å²) in [6.07, 6.45) is 3.13. The van der Waals surface area contributed by atoms with Gasteiger partial charge in [0.1, 0.15) is 6.10 Å². The van der Waals surface area contributed by atoms with Crippen molar-refractivity contribution < 1.29 is 9.53 Å². The predicted octanol–water partition coefficient (Wildman–Crippen LogP) is 3.64. The van der Waals surface area contributed by atoms with Gasteiger partial charge in [0.2, 0.25) is 0 Å². The van der Waals surface area contributed by atoms with E-state index in [1.54, 1.807) is 24.3 Å². The highest BCUT2D eigenvalue weighted by atomic mass is 16.5. The van der Waals surface area contributed by atoms with Gasteiger partial charge < -0.3 is 10.5 Å². The molecule has 3 heteroatoms. The zero-order valence-corrected chi connectivity index (χ0v) is 12.0. The quantitative estimate of drug-likeness (QED) is 0.653. The van der Waals surface area contributed by atoms with Gasteiger partial charge in [-0.15, -0.1) is 0 Å². The van der Waals surface area contributed by atoms with Gasteiger partial charge in [0, 0.05) is 5.69 Å². The molecule has 1 aliphatic carbocycles. The highest BCUT2D eigenvalue weighted by Gasteiger charge is 2.34. The van der Waals surface area contributed by atoms with Crippen LogP contribution in [0.15, 0.2) is 24.3 Å². The number of esters is 1. The van der Waals surface area contributed by atoms with E-state index in [-0.39, 0.29) is 17.5 Å². The largest absolute Gasteiger partial charge is 0.459 e. The first-order chi connectivity index (χ1) is 8.85. The second-order valence-corrected chi connectivity index (χ2v) is 6.56. The van der Waals surface area contributed by atoms with Crippen LogP contribution in [0.3, 0.4) is 0 Å². The van der Waals surface area contributed by atoms with E-state index in [1.807, 2.05) is 0 Å². The van der Waals surface area contributed by atoms with Gasteiger partial charge in [-0.2, -0.15) is 0 Å². The molecule has 1 aromatic rings. The number of ether oxygens (including phenoxy) is 1. The van der Waals surface area contributed by atoms with Gasteiger partial charge >= 0.3 is 5.97 Å². The molecule has 0 heterocycles. The third-order valence-electron chi connectivity index (χ3n) is 3.77. The van der Waals surface area contributed by atoms with Crippen LogP contribution in [-0.2, 0) is 4.74 Å². The third kappa shape index (κ3) is 3.72. The number of carbonyl (C=O) groups is 1. The Morgan fingerprint density at radius 2 is 1.89 bits per heavy atom. The summed E-state index contributed by atoms with van der Waals surface area (Å²) in [5.74, 6) is 0.364. The Balaban J connectivity index is 2.00. The van der Waals surface area contributed by atoms with Crippen LogP contribution in [0.2, 0.25) is 0 Å². The zero-order valence-electron chi connectivity index (χ0n) is 12.0. The average Bonchev–Trinajstić information content (AvgIpc) is 2.26. The van der Waals surface area contributed by atoms with Gasteiger partial charge in [-0.05, 0) is 54.9 Å². The molecule has 2 atom stereocenters. The number of hydrogen-bond acceptors (Lipinski definition) is 3. The second kappa shape index (κ2) is 5.24. The maximum absolute atomic E-state index is 12.1. The lowest BCUT2D eigenvalue weighted by atomic mass is 9.71. The van der Waals surface area contributed by atoms with Crippen LogP contribution >= 0.6 is 0 Å². The molecule has 0 saturated heterocycles. The smallest absolute Gasteiger partial charge is 0.338 e. The van der Waals surface area contributed by atoms with Gasteiger partial charge in [-0.3, -0.25) is 0 Å². The minimum Gasteiger partial charge on any atom is -0.459 e. The number of nitrogens with two attached hydrogens (primary N) is 1. The number of hydrogen-bond donors (Lipinski definition) is 1. The summed E-state index contributed by atoms with van der Waals surface area (Å²) in [6.45, 7) is 6.71. The molecule has 1 aliphatic rings. The molecule has 2 unspecified atom stereocenters. The van der Waals surface area contributed by atoms with Crippen LogP contribution in [-0.4, -0.2) is 12.1 Å². The summed E-state index contributed by atoms with van der Waals surface area (Å²) in [5.41, 5.74) is 7.10. The molecular formula is C16H23NO2. The molecule has 3 nitrogen and oxygen atoms in total. The Bertz CT molecular complexity index is 450. The lowest BCUT2D eigenvalue weighted by Crippen LogP contribution is -2.33. The molecule has 2 N–H and O–H groups in total.